The summed E-state index contributed by atoms with van der Waals surface area (Å²) in [7, 11) is 1.64. The molecule has 31 heavy (non-hydrogen) atoms. The first-order valence-corrected chi connectivity index (χ1v) is 8.96. The number of benzene rings is 2. The fourth-order valence-electron chi connectivity index (χ4n) is 2.89. The monoisotopic (exact) mass is 437 g/mol. The zero-order valence-corrected chi connectivity index (χ0v) is 16.3. The SMILES string of the molecule is Cc1cc(C(=O)CNC(=O)c2ccc(F)c(F)c2-c2ccc(C(F)(F)F)cc2)nn1C. The molecule has 5 nitrogen and oxygen atoms in total. The molecule has 0 saturated carbocycles. The molecule has 0 aliphatic rings. The predicted molar refractivity (Wildman–Crippen MR) is 101 cm³/mol. The van der Waals surface area contributed by atoms with Crippen molar-refractivity contribution in [3.05, 3.63) is 76.6 Å². The highest BCUT2D eigenvalue weighted by molar-refractivity contribution is 6.04. The number of halogens is 5. The molecule has 0 radical (unpaired) electrons. The number of amides is 1. The largest absolute Gasteiger partial charge is 0.416 e. The third kappa shape index (κ3) is 4.62. The van der Waals surface area contributed by atoms with Crippen LogP contribution < -0.4 is 5.32 Å². The normalized spacial score (nSPS) is 11.5. The lowest BCUT2D eigenvalue weighted by Gasteiger charge is -2.13. The number of nitrogens with zero attached hydrogens (tertiary/aromatic N) is 2. The lowest BCUT2D eigenvalue weighted by atomic mass is 9.97. The molecule has 3 aromatic rings. The van der Waals surface area contributed by atoms with Gasteiger partial charge in [-0.25, -0.2) is 8.78 Å². The van der Waals surface area contributed by atoms with Crippen molar-refractivity contribution < 1.29 is 31.5 Å². The Balaban J connectivity index is 1.88. The predicted octanol–water partition coefficient (Wildman–Crippen LogP) is 4.31. The fraction of sp³-hybridized carbons (Fsp3) is 0.190. The van der Waals surface area contributed by atoms with Crippen molar-refractivity contribution in [2.24, 2.45) is 7.05 Å². The number of aromatic nitrogens is 2. The maximum atomic E-state index is 14.5. The third-order valence-corrected chi connectivity index (χ3v) is 4.65. The summed E-state index contributed by atoms with van der Waals surface area (Å²) in [6, 6.07) is 6.54. The topological polar surface area (TPSA) is 64.0 Å². The summed E-state index contributed by atoms with van der Waals surface area (Å²) in [5.74, 6) is -4.06. The van der Waals surface area contributed by atoms with Crippen LogP contribution in [0.15, 0.2) is 42.5 Å². The van der Waals surface area contributed by atoms with E-state index >= 15 is 0 Å². The number of carbonyl (C=O) groups excluding carboxylic acids is 2. The fourth-order valence-corrected chi connectivity index (χ4v) is 2.89. The molecule has 2 aromatic carbocycles. The van der Waals surface area contributed by atoms with Gasteiger partial charge in [-0.05, 0) is 42.8 Å². The molecule has 3 rings (SSSR count). The van der Waals surface area contributed by atoms with Crippen molar-refractivity contribution in [1.29, 1.82) is 0 Å². The molecule has 1 N–H and O–H groups in total. The van der Waals surface area contributed by atoms with Gasteiger partial charge in [0.25, 0.3) is 5.91 Å². The van der Waals surface area contributed by atoms with Crippen LogP contribution in [0.1, 0.15) is 32.1 Å². The van der Waals surface area contributed by atoms with Crippen LogP contribution in [0.3, 0.4) is 0 Å². The van der Waals surface area contributed by atoms with Crippen LogP contribution in [0.5, 0.6) is 0 Å². The van der Waals surface area contributed by atoms with E-state index in [0.29, 0.717) is 12.1 Å². The quantitative estimate of drug-likeness (QED) is 0.478. The Bertz CT molecular complexity index is 1130. The molecular weight excluding hydrogens is 421 g/mol. The smallest absolute Gasteiger partial charge is 0.344 e. The maximum absolute atomic E-state index is 14.5. The van der Waals surface area contributed by atoms with E-state index in [1.54, 1.807) is 14.0 Å². The summed E-state index contributed by atoms with van der Waals surface area (Å²) in [6.45, 7) is 1.28. The molecule has 0 aliphatic carbocycles. The van der Waals surface area contributed by atoms with Gasteiger partial charge in [0.15, 0.2) is 11.6 Å². The standard InChI is InChI=1S/C21H16F5N3O2/c1-11-9-16(28-29(11)2)17(30)10-27-20(31)14-7-8-15(22)19(23)18(14)12-3-5-13(6-4-12)21(24,25)26/h3-9H,10H2,1-2H3,(H,27,31). The van der Waals surface area contributed by atoms with Crippen LogP contribution in [0.25, 0.3) is 11.1 Å². The van der Waals surface area contributed by atoms with Gasteiger partial charge in [-0.1, -0.05) is 12.1 Å². The second-order valence-electron chi connectivity index (χ2n) is 6.76. The van der Waals surface area contributed by atoms with E-state index in [9.17, 15) is 31.5 Å². The summed E-state index contributed by atoms with van der Waals surface area (Å²) >= 11 is 0. The number of ketones is 1. The number of alkyl halides is 3. The number of carbonyl (C=O) groups is 2. The highest BCUT2D eigenvalue weighted by atomic mass is 19.4. The van der Waals surface area contributed by atoms with Crippen molar-refractivity contribution in [3.8, 4) is 11.1 Å². The van der Waals surface area contributed by atoms with Gasteiger partial charge in [0.05, 0.1) is 17.7 Å². The highest BCUT2D eigenvalue weighted by Crippen LogP contribution is 2.33. The second-order valence-corrected chi connectivity index (χ2v) is 6.76. The number of hydrogen-bond acceptors (Lipinski definition) is 3. The minimum Gasteiger partial charge on any atom is -0.344 e. The van der Waals surface area contributed by atoms with Gasteiger partial charge in [-0.3, -0.25) is 14.3 Å². The van der Waals surface area contributed by atoms with Gasteiger partial charge >= 0.3 is 6.18 Å². The Morgan fingerprint density at radius 1 is 1.06 bits per heavy atom. The van der Waals surface area contributed by atoms with Crippen LogP contribution in [0.4, 0.5) is 22.0 Å². The number of aryl methyl sites for hydroxylation is 2. The van der Waals surface area contributed by atoms with Gasteiger partial charge in [0, 0.05) is 18.3 Å². The molecule has 0 aliphatic heterocycles. The summed E-state index contributed by atoms with van der Waals surface area (Å²) < 4.78 is 68.1. The molecule has 0 bridgehead atoms. The van der Waals surface area contributed by atoms with Crippen LogP contribution in [-0.4, -0.2) is 28.0 Å². The van der Waals surface area contributed by atoms with E-state index in [1.807, 2.05) is 0 Å². The minimum atomic E-state index is -4.61. The Morgan fingerprint density at radius 2 is 1.71 bits per heavy atom. The van der Waals surface area contributed by atoms with Crippen molar-refractivity contribution >= 4 is 11.7 Å². The molecule has 1 aromatic heterocycles. The van der Waals surface area contributed by atoms with Crippen molar-refractivity contribution in [3.63, 3.8) is 0 Å². The Kier molecular flexibility index (Phi) is 5.92. The summed E-state index contributed by atoms with van der Waals surface area (Å²) in [5.41, 5.74) is -1.10. The van der Waals surface area contributed by atoms with Crippen molar-refractivity contribution in [2.45, 2.75) is 13.1 Å². The number of hydrogen-bond donors (Lipinski definition) is 1. The zero-order valence-electron chi connectivity index (χ0n) is 16.3. The van der Waals surface area contributed by atoms with Gasteiger partial charge in [0.1, 0.15) is 5.69 Å². The van der Waals surface area contributed by atoms with Crippen LogP contribution in [0.2, 0.25) is 0 Å². The number of rotatable bonds is 5. The lowest BCUT2D eigenvalue weighted by Crippen LogP contribution is -2.30. The van der Waals surface area contributed by atoms with E-state index in [4.69, 9.17) is 0 Å². The first-order chi connectivity index (χ1) is 14.5. The Morgan fingerprint density at radius 3 is 2.26 bits per heavy atom. The van der Waals surface area contributed by atoms with Crippen LogP contribution >= 0.6 is 0 Å². The van der Waals surface area contributed by atoms with Crippen molar-refractivity contribution in [2.75, 3.05) is 6.54 Å². The molecule has 0 saturated heterocycles. The number of Topliss-reactive ketones (excluding diaryl/α,β-unsaturated/α-hetero) is 1. The van der Waals surface area contributed by atoms with Gasteiger partial charge < -0.3 is 5.32 Å². The average Bonchev–Trinajstić information content (AvgIpc) is 3.06. The van der Waals surface area contributed by atoms with Crippen LogP contribution in [-0.2, 0) is 13.2 Å². The molecule has 0 atom stereocenters. The molecule has 1 amide bonds. The average molecular weight is 437 g/mol. The minimum absolute atomic E-state index is 0.119. The van der Waals surface area contributed by atoms with E-state index in [-0.39, 0.29) is 16.8 Å². The first-order valence-electron chi connectivity index (χ1n) is 8.96. The molecule has 0 fully saturated rings. The van der Waals surface area contributed by atoms with E-state index in [2.05, 4.69) is 10.4 Å². The summed E-state index contributed by atoms with van der Waals surface area (Å²) in [6.07, 6.45) is -4.61. The van der Waals surface area contributed by atoms with Gasteiger partial charge in [-0.2, -0.15) is 18.3 Å². The molecule has 10 heteroatoms. The van der Waals surface area contributed by atoms with Crippen molar-refractivity contribution in [1.82, 2.24) is 15.1 Å². The summed E-state index contributed by atoms with van der Waals surface area (Å²) in [4.78, 5) is 24.8. The van der Waals surface area contributed by atoms with Gasteiger partial charge in [0.2, 0.25) is 5.78 Å². The second kappa shape index (κ2) is 8.29. The number of nitrogens with one attached hydrogen (secondary N) is 1. The molecule has 0 unspecified atom stereocenters. The molecule has 162 valence electrons. The zero-order chi connectivity index (χ0) is 22.9. The van der Waals surface area contributed by atoms with Crippen LogP contribution in [0, 0.1) is 18.6 Å². The first kappa shape index (κ1) is 22.1. The molecular formula is C21H16F5N3O2. The lowest BCUT2D eigenvalue weighted by molar-refractivity contribution is -0.137. The molecule has 1 heterocycles. The Labute approximate surface area is 173 Å². The maximum Gasteiger partial charge on any atom is 0.416 e. The summed E-state index contributed by atoms with van der Waals surface area (Å²) in [5, 5.41) is 6.31. The van der Waals surface area contributed by atoms with E-state index in [0.717, 1.165) is 30.0 Å². The highest BCUT2D eigenvalue weighted by Gasteiger charge is 2.30. The molecule has 0 spiro atoms. The van der Waals surface area contributed by atoms with E-state index in [1.165, 1.54) is 10.7 Å². The third-order valence-electron chi connectivity index (χ3n) is 4.65. The van der Waals surface area contributed by atoms with Gasteiger partial charge in [-0.15, -0.1) is 0 Å². The Hall–Kier alpha value is -3.56. The van der Waals surface area contributed by atoms with E-state index < -0.39 is 47.2 Å².